The average molecular weight is 385 g/mol. The average Bonchev–Trinajstić information content (AvgIpc) is 3.39. The van der Waals surface area contributed by atoms with Crippen molar-refractivity contribution >= 4 is 11.4 Å². The van der Waals surface area contributed by atoms with Gasteiger partial charge in [-0.05, 0) is 90.8 Å². The molecule has 3 atom stereocenters. The van der Waals surface area contributed by atoms with E-state index in [2.05, 4.69) is 37.3 Å². The third kappa shape index (κ3) is 2.26. The molecule has 0 aliphatic heterocycles. The Kier molecular flexibility index (Phi) is 3.53. The van der Waals surface area contributed by atoms with Crippen LogP contribution < -0.4 is 0 Å². The van der Waals surface area contributed by atoms with Crippen LogP contribution in [0.3, 0.4) is 0 Å². The number of phenols is 1. The summed E-state index contributed by atoms with van der Waals surface area (Å²) in [4.78, 5) is 12.7. The van der Waals surface area contributed by atoms with Crippen LogP contribution in [0.25, 0.3) is 5.57 Å². The monoisotopic (exact) mass is 384 g/mol. The van der Waals surface area contributed by atoms with Gasteiger partial charge in [0, 0.05) is 17.3 Å². The van der Waals surface area contributed by atoms with E-state index in [1.807, 2.05) is 12.1 Å². The van der Waals surface area contributed by atoms with Crippen LogP contribution in [0.1, 0.15) is 61.3 Å². The molecule has 0 heterocycles. The normalized spacial score (nSPS) is 31.8. The van der Waals surface area contributed by atoms with Gasteiger partial charge in [0.05, 0.1) is 0 Å². The van der Waals surface area contributed by atoms with Crippen molar-refractivity contribution in [2.24, 2.45) is 16.7 Å². The third-order valence-corrected chi connectivity index (χ3v) is 8.71. The van der Waals surface area contributed by atoms with Crippen molar-refractivity contribution in [3.8, 4) is 5.75 Å². The lowest BCUT2D eigenvalue weighted by Crippen LogP contribution is -2.38. The van der Waals surface area contributed by atoms with Crippen LogP contribution >= 0.6 is 0 Å². The van der Waals surface area contributed by atoms with E-state index in [0.717, 1.165) is 50.5 Å². The molecule has 148 valence electrons. The summed E-state index contributed by atoms with van der Waals surface area (Å²) in [7, 11) is 0. The summed E-state index contributed by atoms with van der Waals surface area (Å²) < 4.78 is 0. The number of phenolic OH excluding ortho intramolecular Hbond substituents is 1. The second-order valence-corrected chi connectivity index (χ2v) is 9.91. The van der Waals surface area contributed by atoms with Crippen molar-refractivity contribution < 1.29 is 9.90 Å². The lowest BCUT2D eigenvalue weighted by molar-refractivity contribution is -0.128. The number of aromatic hydroxyl groups is 1. The fraction of sp³-hybridized carbons (Fsp3) is 0.444. The van der Waals surface area contributed by atoms with E-state index in [1.54, 1.807) is 5.57 Å². The summed E-state index contributed by atoms with van der Waals surface area (Å²) in [6.45, 7) is 2.25. The fourth-order valence-electron chi connectivity index (χ4n) is 7.03. The minimum Gasteiger partial charge on any atom is -0.508 e. The molecular weight excluding hydrogens is 356 g/mol. The predicted octanol–water partition coefficient (Wildman–Crippen LogP) is 5.66. The van der Waals surface area contributed by atoms with Crippen molar-refractivity contribution in [1.82, 2.24) is 0 Å². The highest BCUT2D eigenvalue weighted by Gasteiger charge is 2.74. The first-order valence-corrected chi connectivity index (χ1v) is 11.2. The lowest BCUT2D eigenvalue weighted by Gasteiger charge is -2.43. The Balaban J connectivity index is 1.39. The van der Waals surface area contributed by atoms with Crippen LogP contribution in [0, 0.1) is 16.7 Å². The van der Waals surface area contributed by atoms with Crippen LogP contribution in [-0.4, -0.2) is 10.9 Å². The summed E-state index contributed by atoms with van der Waals surface area (Å²) in [6.07, 6.45) is 7.92. The number of Topliss-reactive ketones (excluding diaryl/α,β-unsaturated/α-hetero) is 1. The smallest absolute Gasteiger partial charge is 0.139 e. The zero-order valence-electron chi connectivity index (χ0n) is 17.1. The van der Waals surface area contributed by atoms with E-state index >= 15 is 0 Å². The van der Waals surface area contributed by atoms with Crippen molar-refractivity contribution in [3.05, 3.63) is 70.3 Å². The molecule has 0 amide bonds. The number of benzene rings is 2. The van der Waals surface area contributed by atoms with Gasteiger partial charge in [-0.1, -0.05) is 42.8 Å². The Bertz CT molecular complexity index is 1060. The maximum atomic E-state index is 12.7. The number of hydrogen-bond donors (Lipinski definition) is 1. The van der Waals surface area contributed by atoms with Gasteiger partial charge < -0.3 is 5.11 Å². The molecular formula is C27H28O2. The number of carbonyl (C=O) groups is 1. The Morgan fingerprint density at radius 2 is 1.90 bits per heavy atom. The molecule has 2 nitrogen and oxygen atoms in total. The second-order valence-electron chi connectivity index (χ2n) is 9.91. The first kappa shape index (κ1) is 17.5. The number of fused-ring (bicyclic) bond motifs is 2. The van der Waals surface area contributed by atoms with E-state index in [1.165, 1.54) is 28.7 Å². The highest BCUT2D eigenvalue weighted by Crippen LogP contribution is 2.79. The van der Waals surface area contributed by atoms with Gasteiger partial charge in [-0.2, -0.15) is 0 Å². The standard InChI is InChI=1S/C27H28O2/c1-26-12-11-21-22-13-19(8-7-17-5-3-2-4-6-17)24(28)14-18(22)9-10-23(21)27(26)16-20(27)15-25(26)29/h2-6,13-14,20,28H,7-12,15-16H2,1H3/t20?,26-,27?/m1/s1. The first-order chi connectivity index (χ1) is 14.0. The Labute approximate surface area is 172 Å². The molecule has 4 aliphatic rings. The van der Waals surface area contributed by atoms with Gasteiger partial charge in [-0.15, -0.1) is 0 Å². The van der Waals surface area contributed by atoms with Crippen molar-refractivity contribution in [2.75, 3.05) is 0 Å². The molecule has 0 bridgehead atoms. The fourth-order valence-corrected chi connectivity index (χ4v) is 7.03. The van der Waals surface area contributed by atoms with Gasteiger partial charge in [0.25, 0.3) is 0 Å². The van der Waals surface area contributed by atoms with Gasteiger partial charge in [0.2, 0.25) is 0 Å². The van der Waals surface area contributed by atoms with Gasteiger partial charge >= 0.3 is 0 Å². The van der Waals surface area contributed by atoms with Gasteiger partial charge in [-0.3, -0.25) is 4.79 Å². The third-order valence-electron chi connectivity index (χ3n) is 8.71. The van der Waals surface area contributed by atoms with Crippen molar-refractivity contribution in [2.45, 2.75) is 58.3 Å². The van der Waals surface area contributed by atoms with Crippen LogP contribution in [0.15, 0.2) is 48.0 Å². The molecule has 6 rings (SSSR count). The Hall–Kier alpha value is -2.35. The predicted molar refractivity (Wildman–Crippen MR) is 115 cm³/mol. The van der Waals surface area contributed by atoms with Crippen molar-refractivity contribution in [3.63, 3.8) is 0 Å². The van der Waals surface area contributed by atoms with Gasteiger partial charge in [-0.25, -0.2) is 0 Å². The van der Waals surface area contributed by atoms with E-state index in [-0.39, 0.29) is 10.8 Å². The zero-order valence-corrected chi connectivity index (χ0v) is 17.1. The maximum Gasteiger partial charge on any atom is 0.139 e. The minimum atomic E-state index is -0.110. The Morgan fingerprint density at radius 1 is 1.07 bits per heavy atom. The highest BCUT2D eigenvalue weighted by atomic mass is 16.3. The molecule has 2 aromatic carbocycles. The van der Waals surface area contributed by atoms with Crippen LogP contribution in [0.4, 0.5) is 0 Å². The molecule has 2 heteroatoms. The molecule has 4 aliphatic carbocycles. The molecule has 2 unspecified atom stereocenters. The number of hydrogen-bond acceptors (Lipinski definition) is 2. The lowest BCUT2D eigenvalue weighted by atomic mass is 9.59. The topological polar surface area (TPSA) is 37.3 Å². The minimum absolute atomic E-state index is 0.110. The molecule has 2 fully saturated rings. The molecule has 0 aromatic heterocycles. The number of allylic oxidation sites excluding steroid dienone is 2. The molecule has 1 N–H and O–H groups in total. The summed E-state index contributed by atoms with van der Waals surface area (Å²) in [6, 6.07) is 14.8. The van der Waals surface area contributed by atoms with Crippen LogP contribution in [0.2, 0.25) is 0 Å². The summed E-state index contributed by atoms with van der Waals surface area (Å²) in [5.41, 5.74) is 8.22. The Morgan fingerprint density at radius 3 is 2.72 bits per heavy atom. The van der Waals surface area contributed by atoms with Gasteiger partial charge in [0.15, 0.2) is 0 Å². The van der Waals surface area contributed by atoms with E-state index in [9.17, 15) is 9.90 Å². The molecule has 2 saturated carbocycles. The second kappa shape index (κ2) is 5.84. The maximum absolute atomic E-state index is 12.7. The highest BCUT2D eigenvalue weighted by molar-refractivity contribution is 5.94. The summed E-state index contributed by atoms with van der Waals surface area (Å²) in [5.74, 6) is 1.56. The summed E-state index contributed by atoms with van der Waals surface area (Å²) in [5, 5.41) is 10.7. The summed E-state index contributed by atoms with van der Waals surface area (Å²) >= 11 is 0. The van der Waals surface area contributed by atoms with E-state index < -0.39 is 0 Å². The zero-order chi connectivity index (χ0) is 19.8. The molecule has 2 aromatic rings. The molecule has 29 heavy (non-hydrogen) atoms. The molecule has 0 radical (unpaired) electrons. The quantitative estimate of drug-likeness (QED) is 0.742. The van der Waals surface area contributed by atoms with E-state index in [0.29, 0.717) is 17.5 Å². The van der Waals surface area contributed by atoms with E-state index in [4.69, 9.17) is 0 Å². The molecule has 1 spiro atoms. The SMILES string of the molecule is C[C@]12CCC3=C(CCc4cc(O)c(CCc5ccccc5)cc43)C13CC3CC2=O. The van der Waals surface area contributed by atoms with Crippen LogP contribution in [0.5, 0.6) is 5.75 Å². The number of ketones is 1. The number of rotatable bonds is 3. The number of carbonyl (C=O) groups excluding carboxylic acids is 1. The van der Waals surface area contributed by atoms with Crippen LogP contribution in [-0.2, 0) is 24.1 Å². The molecule has 0 saturated heterocycles. The van der Waals surface area contributed by atoms with Gasteiger partial charge in [0.1, 0.15) is 11.5 Å². The van der Waals surface area contributed by atoms with Crippen molar-refractivity contribution in [1.29, 1.82) is 0 Å². The number of aryl methyl sites for hydroxylation is 3. The largest absolute Gasteiger partial charge is 0.508 e. The first-order valence-electron chi connectivity index (χ1n) is 11.2.